The molecule has 0 aromatic rings. The van der Waals surface area contributed by atoms with Gasteiger partial charge in [0.25, 0.3) is 0 Å². The van der Waals surface area contributed by atoms with Gasteiger partial charge in [0.05, 0.1) is 0 Å². The quantitative estimate of drug-likeness (QED) is 0.616. The lowest BCUT2D eigenvalue weighted by Crippen LogP contribution is -2.35. The molecule has 1 aliphatic rings. The summed E-state index contributed by atoms with van der Waals surface area (Å²) in [6, 6.07) is 0. The van der Waals surface area contributed by atoms with Gasteiger partial charge in [0.1, 0.15) is 5.60 Å². The fourth-order valence-corrected chi connectivity index (χ4v) is 1.85. The number of nitrogens with zero attached hydrogens (tertiary/aromatic N) is 1. The molecule has 0 amide bonds. The second kappa shape index (κ2) is 4.72. The first-order chi connectivity index (χ1) is 6.22. The highest BCUT2D eigenvalue weighted by Gasteiger charge is 2.31. The number of carbonyl (C=O) groups is 1. The third-order valence-corrected chi connectivity index (χ3v) is 2.70. The van der Waals surface area contributed by atoms with Crippen LogP contribution in [0.25, 0.3) is 0 Å². The van der Waals surface area contributed by atoms with Gasteiger partial charge in [-0.05, 0) is 39.8 Å². The molecule has 1 saturated heterocycles. The molecule has 1 aliphatic heterocycles. The van der Waals surface area contributed by atoms with Gasteiger partial charge in [-0.1, -0.05) is 0 Å². The first kappa shape index (κ1) is 10.7. The number of hydrogen-bond acceptors (Lipinski definition) is 3. The molecule has 1 atom stereocenters. The van der Waals surface area contributed by atoms with Gasteiger partial charge in [-0.2, -0.15) is 0 Å². The topological polar surface area (TPSA) is 29.5 Å². The van der Waals surface area contributed by atoms with Crippen molar-refractivity contribution in [1.29, 1.82) is 0 Å². The summed E-state index contributed by atoms with van der Waals surface area (Å²) in [4.78, 5) is 13.2. The van der Waals surface area contributed by atoms with Gasteiger partial charge in [-0.15, -0.1) is 0 Å². The zero-order valence-electron chi connectivity index (χ0n) is 8.58. The lowest BCUT2D eigenvalue weighted by atomic mass is 9.96. The zero-order valence-corrected chi connectivity index (χ0v) is 8.58. The second-order valence-electron chi connectivity index (χ2n) is 3.77. The van der Waals surface area contributed by atoms with E-state index in [9.17, 15) is 4.79 Å². The van der Waals surface area contributed by atoms with Crippen molar-refractivity contribution in [2.45, 2.75) is 31.8 Å². The van der Waals surface area contributed by atoms with Crippen molar-refractivity contribution < 1.29 is 9.53 Å². The predicted octanol–water partition coefficient (Wildman–Crippen LogP) is 1.08. The van der Waals surface area contributed by atoms with E-state index in [2.05, 4.69) is 11.9 Å². The van der Waals surface area contributed by atoms with Crippen LogP contribution in [-0.2, 0) is 9.53 Å². The summed E-state index contributed by atoms with van der Waals surface area (Å²) in [7, 11) is 2.09. The van der Waals surface area contributed by atoms with Gasteiger partial charge in [0.2, 0.25) is 0 Å². The highest BCUT2D eigenvalue weighted by atomic mass is 16.5. The Kier molecular flexibility index (Phi) is 3.88. The number of hydrogen-bond donors (Lipinski definition) is 0. The molecule has 3 heteroatoms. The van der Waals surface area contributed by atoms with Crippen LogP contribution in [0.1, 0.15) is 26.2 Å². The Bertz CT molecular complexity index is 172. The Morgan fingerprint density at radius 2 is 2.23 bits per heavy atom. The lowest BCUT2D eigenvalue weighted by molar-refractivity contribution is -0.132. The van der Waals surface area contributed by atoms with Gasteiger partial charge < -0.3 is 14.4 Å². The minimum atomic E-state index is -0.487. The van der Waals surface area contributed by atoms with Crippen molar-refractivity contribution in [1.82, 2.24) is 4.90 Å². The summed E-state index contributed by atoms with van der Waals surface area (Å²) < 4.78 is 5.55. The molecule has 13 heavy (non-hydrogen) atoms. The van der Waals surface area contributed by atoms with Gasteiger partial charge in [0, 0.05) is 13.2 Å². The number of aldehydes is 1. The highest BCUT2D eigenvalue weighted by molar-refractivity contribution is 5.62. The predicted molar refractivity (Wildman–Crippen MR) is 51.8 cm³/mol. The Morgan fingerprint density at radius 1 is 1.46 bits per heavy atom. The molecule has 0 saturated carbocycles. The van der Waals surface area contributed by atoms with Gasteiger partial charge in [-0.25, -0.2) is 0 Å². The van der Waals surface area contributed by atoms with Crippen LogP contribution in [0, 0.1) is 0 Å². The maximum atomic E-state index is 11.0. The Morgan fingerprint density at radius 3 is 2.85 bits per heavy atom. The van der Waals surface area contributed by atoms with E-state index in [1.165, 1.54) is 0 Å². The summed E-state index contributed by atoms with van der Waals surface area (Å²) in [6.07, 6.45) is 3.75. The van der Waals surface area contributed by atoms with Gasteiger partial charge in [0.15, 0.2) is 6.29 Å². The second-order valence-corrected chi connectivity index (χ2v) is 3.77. The molecular formula is C10H19NO2. The molecule has 0 aromatic heterocycles. The number of rotatable bonds is 3. The minimum absolute atomic E-state index is 0.487. The molecule has 1 heterocycles. The zero-order chi connectivity index (χ0) is 9.73. The molecule has 0 radical (unpaired) electrons. The SMILES string of the molecule is CCOC1(C=O)CCCN(C)CC1. The number of ether oxygens (including phenoxy) is 1. The van der Waals surface area contributed by atoms with Crippen LogP contribution in [0.3, 0.4) is 0 Å². The monoisotopic (exact) mass is 185 g/mol. The molecule has 1 fully saturated rings. The highest BCUT2D eigenvalue weighted by Crippen LogP contribution is 2.23. The average Bonchev–Trinajstić information content (AvgIpc) is 2.30. The summed E-state index contributed by atoms with van der Waals surface area (Å²) in [5.41, 5.74) is -0.487. The Hall–Kier alpha value is -0.410. The van der Waals surface area contributed by atoms with Gasteiger partial charge >= 0.3 is 0 Å². The molecule has 0 spiro atoms. The largest absolute Gasteiger partial charge is 0.368 e. The van der Waals surface area contributed by atoms with Crippen LogP contribution in [0.2, 0.25) is 0 Å². The molecule has 3 nitrogen and oxygen atoms in total. The van der Waals surface area contributed by atoms with E-state index in [0.717, 1.165) is 38.6 Å². The molecule has 76 valence electrons. The van der Waals surface area contributed by atoms with Crippen LogP contribution in [0.5, 0.6) is 0 Å². The molecular weight excluding hydrogens is 166 g/mol. The van der Waals surface area contributed by atoms with E-state index in [1.807, 2.05) is 6.92 Å². The summed E-state index contributed by atoms with van der Waals surface area (Å²) >= 11 is 0. The smallest absolute Gasteiger partial charge is 0.151 e. The maximum absolute atomic E-state index is 11.0. The molecule has 1 unspecified atom stereocenters. The Balaban J connectivity index is 2.58. The molecule has 0 aliphatic carbocycles. The normalized spacial score (nSPS) is 31.2. The molecule has 0 bridgehead atoms. The molecule has 0 N–H and O–H groups in total. The third kappa shape index (κ3) is 2.78. The molecule has 0 aromatic carbocycles. The first-order valence-corrected chi connectivity index (χ1v) is 5.01. The van der Waals surface area contributed by atoms with Crippen molar-refractivity contribution in [2.75, 3.05) is 26.7 Å². The summed E-state index contributed by atoms with van der Waals surface area (Å²) in [5, 5.41) is 0. The van der Waals surface area contributed by atoms with Crippen molar-refractivity contribution >= 4 is 6.29 Å². The van der Waals surface area contributed by atoms with E-state index in [-0.39, 0.29) is 0 Å². The first-order valence-electron chi connectivity index (χ1n) is 5.01. The van der Waals surface area contributed by atoms with Crippen molar-refractivity contribution in [3.63, 3.8) is 0 Å². The van der Waals surface area contributed by atoms with Crippen LogP contribution >= 0.6 is 0 Å². The lowest BCUT2D eigenvalue weighted by Gasteiger charge is -2.26. The van der Waals surface area contributed by atoms with E-state index in [1.54, 1.807) is 0 Å². The van der Waals surface area contributed by atoms with Crippen LogP contribution < -0.4 is 0 Å². The van der Waals surface area contributed by atoms with E-state index >= 15 is 0 Å². The fraction of sp³-hybridized carbons (Fsp3) is 0.900. The van der Waals surface area contributed by atoms with Crippen molar-refractivity contribution in [3.05, 3.63) is 0 Å². The number of carbonyl (C=O) groups excluding carboxylic acids is 1. The van der Waals surface area contributed by atoms with E-state index in [4.69, 9.17) is 4.74 Å². The van der Waals surface area contributed by atoms with E-state index < -0.39 is 5.60 Å². The standard InChI is InChI=1S/C10H19NO2/c1-3-13-10(9-12)5-4-7-11(2)8-6-10/h9H,3-8H2,1-2H3. The van der Waals surface area contributed by atoms with Crippen molar-refractivity contribution in [3.8, 4) is 0 Å². The third-order valence-electron chi connectivity index (χ3n) is 2.70. The summed E-state index contributed by atoms with van der Waals surface area (Å²) in [5.74, 6) is 0. The van der Waals surface area contributed by atoms with Gasteiger partial charge in [-0.3, -0.25) is 0 Å². The Labute approximate surface area is 80.1 Å². The van der Waals surface area contributed by atoms with Crippen molar-refractivity contribution in [2.24, 2.45) is 0 Å². The molecule has 1 rings (SSSR count). The maximum Gasteiger partial charge on any atom is 0.151 e. The van der Waals surface area contributed by atoms with E-state index in [0.29, 0.717) is 6.61 Å². The van der Waals surface area contributed by atoms with Crippen LogP contribution in [-0.4, -0.2) is 43.5 Å². The fourth-order valence-electron chi connectivity index (χ4n) is 1.85. The summed E-state index contributed by atoms with van der Waals surface area (Å²) in [6.45, 7) is 4.60. The average molecular weight is 185 g/mol. The minimum Gasteiger partial charge on any atom is -0.368 e. The number of likely N-dealkylation sites (tertiary alicyclic amines) is 1. The van der Waals surface area contributed by atoms with Crippen LogP contribution in [0.15, 0.2) is 0 Å². The van der Waals surface area contributed by atoms with Crippen LogP contribution in [0.4, 0.5) is 0 Å².